The Morgan fingerprint density at radius 2 is 2.12 bits per heavy atom. The molecule has 1 aromatic rings. The Balaban J connectivity index is 1.52. The van der Waals surface area contributed by atoms with Gasteiger partial charge in [-0.05, 0) is 43.0 Å². The number of rotatable bonds is 6. The molecule has 2 aliphatic rings. The number of benzene rings is 1. The van der Waals surface area contributed by atoms with Crippen LogP contribution < -0.4 is 14.8 Å². The van der Waals surface area contributed by atoms with E-state index in [1.807, 2.05) is 18.2 Å². The van der Waals surface area contributed by atoms with E-state index in [0.717, 1.165) is 29.9 Å². The normalized spacial score (nSPS) is 20.6. The molecule has 1 fully saturated rings. The van der Waals surface area contributed by atoms with E-state index < -0.39 is 10.0 Å². The van der Waals surface area contributed by atoms with Gasteiger partial charge < -0.3 is 14.8 Å². The topological polar surface area (TPSA) is 84.9 Å². The van der Waals surface area contributed by atoms with Crippen molar-refractivity contribution in [2.24, 2.45) is 5.92 Å². The maximum absolute atomic E-state index is 12.3. The van der Waals surface area contributed by atoms with Crippen LogP contribution in [-0.2, 0) is 21.2 Å². The van der Waals surface area contributed by atoms with Gasteiger partial charge in [0, 0.05) is 19.6 Å². The Labute approximate surface area is 148 Å². The summed E-state index contributed by atoms with van der Waals surface area (Å²) in [6.45, 7) is 1.60. The Morgan fingerprint density at radius 3 is 2.84 bits per heavy atom. The van der Waals surface area contributed by atoms with E-state index >= 15 is 0 Å². The molecular weight excluding hydrogens is 344 g/mol. The number of methoxy groups -OCH3 is 1. The summed E-state index contributed by atoms with van der Waals surface area (Å²) in [6.07, 6.45) is 2.37. The fourth-order valence-corrected chi connectivity index (χ4v) is 4.64. The predicted molar refractivity (Wildman–Crippen MR) is 93.3 cm³/mol. The Hall–Kier alpha value is -1.80. The van der Waals surface area contributed by atoms with Crippen molar-refractivity contribution in [3.63, 3.8) is 0 Å². The van der Waals surface area contributed by atoms with Crippen LogP contribution in [0.2, 0.25) is 0 Å². The van der Waals surface area contributed by atoms with Gasteiger partial charge in [-0.1, -0.05) is 0 Å². The molecule has 0 aliphatic carbocycles. The Kier molecular flexibility index (Phi) is 5.48. The number of fused-ring (bicyclic) bond motifs is 1. The van der Waals surface area contributed by atoms with Crippen molar-refractivity contribution in [3.05, 3.63) is 23.8 Å². The zero-order valence-corrected chi connectivity index (χ0v) is 15.2. The van der Waals surface area contributed by atoms with E-state index in [-0.39, 0.29) is 24.1 Å². The molecule has 2 aliphatic heterocycles. The SMILES string of the molecule is COc1ccc2c(c1)C[C@H](C(=O)NCCS(=O)(=O)N1CCCC1)CO2. The molecule has 0 saturated carbocycles. The number of amides is 1. The molecule has 1 aromatic carbocycles. The number of carbonyl (C=O) groups is 1. The third-order valence-electron chi connectivity index (χ3n) is 4.66. The van der Waals surface area contributed by atoms with Gasteiger partial charge in [-0.15, -0.1) is 0 Å². The molecule has 25 heavy (non-hydrogen) atoms. The van der Waals surface area contributed by atoms with E-state index in [0.29, 0.717) is 26.1 Å². The monoisotopic (exact) mass is 368 g/mol. The molecule has 2 heterocycles. The number of sulfonamides is 1. The quantitative estimate of drug-likeness (QED) is 0.802. The third kappa shape index (κ3) is 4.24. The van der Waals surface area contributed by atoms with Crippen molar-refractivity contribution < 1.29 is 22.7 Å². The van der Waals surface area contributed by atoms with Gasteiger partial charge in [0.2, 0.25) is 15.9 Å². The van der Waals surface area contributed by atoms with Crippen LogP contribution >= 0.6 is 0 Å². The van der Waals surface area contributed by atoms with E-state index in [4.69, 9.17) is 9.47 Å². The molecule has 1 saturated heterocycles. The second-order valence-electron chi connectivity index (χ2n) is 6.40. The molecule has 7 nitrogen and oxygen atoms in total. The van der Waals surface area contributed by atoms with Crippen LogP contribution in [0.5, 0.6) is 11.5 Å². The molecule has 1 N–H and O–H groups in total. The van der Waals surface area contributed by atoms with Crippen LogP contribution in [0.15, 0.2) is 18.2 Å². The van der Waals surface area contributed by atoms with Gasteiger partial charge in [0.25, 0.3) is 0 Å². The van der Waals surface area contributed by atoms with Crippen LogP contribution in [-0.4, -0.2) is 57.7 Å². The standard InChI is InChI=1S/C17H24N2O5S/c1-23-15-4-5-16-13(11-15)10-14(12-24-16)17(20)18-6-9-25(21,22)19-7-2-3-8-19/h4-5,11,14H,2-3,6-10,12H2,1H3,(H,18,20)/t14-/m0/s1. The lowest BCUT2D eigenvalue weighted by Gasteiger charge is -2.25. The average Bonchev–Trinajstić information content (AvgIpc) is 3.16. The third-order valence-corrected chi connectivity index (χ3v) is 6.53. The second kappa shape index (κ2) is 7.61. The van der Waals surface area contributed by atoms with Crippen molar-refractivity contribution in [1.29, 1.82) is 0 Å². The molecule has 1 atom stereocenters. The molecule has 1 amide bonds. The van der Waals surface area contributed by atoms with E-state index in [1.165, 1.54) is 4.31 Å². The summed E-state index contributed by atoms with van der Waals surface area (Å²) >= 11 is 0. The maximum Gasteiger partial charge on any atom is 0.226 e. The fourth-order valence-electron chi connectivity index (χ4n) is 3.21. The van der Waals surface area contributed by atoms with Crippen molar-refractivity contribution in [2.45, 2.75) is 19.3 Å². The molecule has 0 aromatic heterocycles. The lowest BCUT2D eigenvalue weighted by molar-refractivity contribution is -0.126. The minimum absolute atomic E-state index is 0.0588. The van der Waals surface area contributed by atoms with Crippen molar-refractivity contribution in [2.75, 3.05) is 39.1 Å². The number of hydrogen-bond donors (Lipinski definition) is 1. The van der Waals surface area contributed by atoms with Crippen LogP contribution in [0.3, 0.4) is 0 Å². The van der Waals surface area contributed by atoms with Crippen LogP contribution in [0.25, 0.3) is 0 Å². The highest BCUT2D eigenvalue weighted by Crippen LogP contribution is 2.30. The van der Waals surface area contributed by atoms with Gasteiger partial charge in [0.05, 0.1) is 18.8 Å². The highest BCUT2D eigenvalue weighted by Gasteiger charge is 2.28. The molecule has 0 spiro atoms. The zero-order valence-electron chi connectivity index (χ0n) is 14.4. The molecule has 138 valence electrons. The lowest BCUT2D eigenvalue weighted by atomic mass is 9.96. The first-order chi connectivity index (χ1) is 12.0. The first kappa shape index (κ1) is 18.0. The number of nitrogens with one attached hydrogen (secondary N) is 1. The van der Waals surface area contributed by atoms with Gasteiger partial charge in [0.15, 0.2) is 0 Å². The first-order valence-corrected chi connectivity index (χ1v) is 10.2. The van der Waals surface area contributed by atoms with Crippen LogP contribution in [0, 0.1) is 5.92 Å². The summed E-state index contributed by atoms with van der Waals surface area (Å²) in [5, 5.41) is 2.74. The summed E-state index contributed by atoms with van der Waals surface area (Å²) in [5.41, 5.74) is 0.926. The van der Waals surface area contributed by atoms with Gasteiger partial charge in [-0.25, -0.2) is 12.7 Å². The Bertz CT molecular complexity index is 729. The van der Waals surface area contributed by atoms with E-state index in [1.54, 1.807) is 7.11 Å². The lowest BCUT2D eigenvalue weighted by Crippen LogP contribution is -2.41. The Morgan fingerprint density at radius 1 is 1.36 bits per heavy atom. The summed E-state index contributed by atoms with van der Waals surface area (Å²) in [6, 6.07) is 5.53. The van der Waals surface area contributed by atoms with E-state index in [2.05, 4.69) is 5.32 Å². The van der Waals surface area contributed by atoms with Crippen LogP contribution in [0.4, 0.5) is 0 Å². The fraction of sp³-hybridized carbons (Fsp3) is 0.588. The smallest absolute Gasteiger partial charge is 0.226 e. The average molecular weight is 368 g/mol. The molecular formula is C17H24N2O5S. The van der Waals surface area contributed by atoms with Crippen molar-refractivity contribution in [3.8, 4) is 11.5 Å². The molecule has 0 unspecified atom stereocenters. The largest absolute Gasteiger partial charge is 0.497 e. The highest BCUT2D eigenvalue weighted by atomic mass is 32.2. The summed E-state index contributed by atoms with van der Waals surface area (Å²) in [5.74, 6) is 0.928. The van der Waals surface area contributed by atoms with Crippen molar-refractivity contribution >= 4 is 15.9 Å². The van der Waals surface area contributed by atoms with E-state index in [9.17, 15) is 13.2 Å². The van der Waals surface area contributed by atoms with Crippen LogP contribution in [0.1, 0.15) is 18.4 Å². The number of ether oxygens (including phenoxy) is 2. The zero-order chi connectivity index (χ0) is 17.9. The summed E-state index contributed by atoms with van der Waals surface area (Å²) < 4.78 is 36.7. The van der Waals surface area contributed by atoms with Crippen molar-refractivity contribution in [1.82, 2.24) is 9.62 Å². The number of carbonyl (C=O) groups excluding carboxylic acids is 1. The number of nitrogens with zero attached hydrogens (tertiary/aromatic N) is 1. The minimum Gasteiger partial charge on any atom is -0.497 e. The van der Waals surface area contributed by atoms with Gasteiger partial charge in [-0.2, -0.15) is 0 Å². The highest BCUT2D eigenvalue weighted by molar-refractivity contribution is 7.89. The predicted octanol–water partition coefficient (Wildman–Crippen LogP) is 0.788. The second-order valence-corrected chi connectivity index (χ2v) is 8.49. The maximum atomic E-state index is 12.3. The molecule has 3 rings (SSSR count). The number of hydrogen-bond acceptors (Lipinski definition) is 5. The summed E-state index contributed by atoms with van der Waals surface area (Å²) in [4.78, 5) is 12.3. The minimum atomic E-state index is -3.27. The molecule has 8 heteroatoms. The first-order valence-electron chi connectivity index (χ1n) is 8.55. The van der Waals surface area contributed by atoms with Gasteiger partial charge >= 0.3 is 0 Å². The molecule has 0 bridgehead atoms. The van der Waals surface area contributed by atoms with Gasteiger partial charge in [-0.3, -0.25) is 4.79 Å². The van der Waals surface area contributed by atoms with Gasteiger partial charge in [0.1, 0.15) is 18.1 Å². The molecule has 0 radical (unpaired) electrons. The summed E-state index contributed by atoms with van der Waals surface area (Å²) in [7, 11) is -1.68.